The van der Waals surface area contributed by atoms with E-state index in [1.807, 2.05) is 29.6 Å². The van der Waals surface area contributed by atoms with Gasteiger partial charge in [-0.05, 0) is 18.1 Å². The Hall–Kier alpha value is -2.51. The lowest BCUT2D eigenvalue weighted by Gasteiger charge is -2.34. The summed E-state index contributed by atoms with van der Waals surface area (Å²) >= 11 is 7.86. The Balaban J connectivity index is 1.24. The minimum atomic E-state index is -0.0948. The molecule has 1 fully saturated rings. The third-order valence-corrected chi connectivity index (χ3v) is 7.26. The zero-order valence-corrected chi connectivity index (χ0v) is 19.3. The van der Waals surface area contributed by atoms with Crippen molar-refractivity contribution in [2.24, 2.45) is 0 Å². The Morgan fingerprint density at radius 3 is 2.44 bits per heavy atom. The lowest BCUT2D eigenvalue weighted by atomic mass is 10.1. The van der Waals surface area contributed by atoms with E-state index in [4.69, 9.17) is 16.6 Å². The molecule has 1 N–H and O–H groups in total. The second-order valence-corrected chi connectivity index (χ2v) is 9.44. The smallest absolute Gasteiger partial charge is 0.260 e. The van der Waals surface area contributed by atoms with Crippen molar-refractivity contribution in [1.29, 1.82) is 0 Å². The fraction of sp³-hybridized carbons (Fsp3) is 0.280. The van der Waals surface area contributed by atoms with E-state index in [-0.39, 0.29) is 5.56 Å². The molecule has 1 saturated heterocycles. The van der Waals surface area contributed by atoms with Crippen LogP contribution >= 0.6 is 22.9 Å². The Kier molecular flexibility index (Phi) is 6.37. The van der Waals surface area contributed by atoms with Gasteiger partial charge < -0.3 is 9.88 Å². The molecule has 3 heterocycles. The monoisotopic (exact) mass is 464 g/mol. The molecule has 0 saturated carbocycles. The Labute approximate surface area is 196 Å². The maximum absolute atomic E-state index is 12.9. The number of benzene rings is 2. The summed E-state index contributed by atoms with van der Waals surface area (Å²) in [6.07, 6.45) is 1.08. The van der Waals surface area contributed by atoms with Crippen molar-refractivity contribution in [2.75, 3.05) is 32.7 Å². The van der Waals surface area contributed by atoms with Gasteiger partial charge in [0.05, 0.1) is 11.9 Å². The molecule has 0 spiro atoms. The standard InChI is InChI=1S/C25H25ClN4OS/c26-21-9-5-4-8-19(21)20-17-32-25-23(20)24(31)27-22(28-25)16-30-14-12-29(13-15-30)11-10-18-6-2-1-3-7-18/h1-9,17H,10-16H2,(H,27,28,31). The first-order chi connectivity index (χ1) is 15.7. The molecule has 2 aromatic carbocycles. The van der Waals surface area contributed by atoms with Gasteiger partial charge in [-0.2, -0.15) is 0 Å². The average molecular weight is 465 g/mol. The highest BCUT2D eigenvalue weighted by molar-refractivity contribution is 7.17. The van der Waals surface area contributed by atoms with Crippen LogP contribution in [0.1, 0.15) is 11.4 Å². The summed E-state index contributed by atoms with van der Waals surface area (Å²) in [6, 6.07) is 18.2. The first kappa shape index (κ1) is 21.3. The van der Waals surface area contributed by atoms with Crippen molar-refractivity contribution < 1.29 is 0 Å². The molecule has 0 amide bonds. The van der Waals surface area contributed by atoms with Gasteiger partial charge in [0.25, 0.3) is 5.56 Å². The number of halogens is 1. The van der Waals surface area contributed by atoms with Gasteiger partial charge in [0.2, 0.25) is 0 Å². The molecule has 5 rings (SSSR count). The molecule has 7 heteroatoms. The van der Waals surface area contributed by atoms with Crippen LogP contribution in [0.2, 0.25) is 5.02 Å². The molecule has 0 radical (unpaired) electrons. The molecular weight excluding hydrogens is 440 g/mol. The highest BCUT2D eigenvalue weighted by Gasteiger charge is 2.19. The van der Waals surface area contributed by atoms with Crippen LogP contribution in [0.5, 0.6) is 0 Å². The van der Waals surface area contributed by atoms with Gasteiger partial charge >= 0.3 is 0 Å². The van der Waals surface area contributed by atoms with E-state index in [1.165, 1.54) is 16.9 Å². The van der Waals surface area contributed by atoms with Crippen LogP contribution < -0.4 is 5.56 Å². The summed E-state index contributed by atoms with van der Waals surface area (Å²) in [4.78, 5) is 26.3. The van der Waals surface area contributed by atoms with Crippen LogP contribution in [-0.4, -0.2) is 52.5 Å². The number of fused-ring (bicyclic) bond motifs is 1. The Morgan fingerprint density at radius 1 is 0.938 bits per heavy atom. The molecule has 1 aliphatic heterocycles. The largest absolute Gasteiger partial charge is 0.309 e. The summed E-state index contributed by atoms with van der Waals surface area (Å²) in [5.41, 5.74) is 3.01. The van der Waals surface area contributed by atoms with E-state index in [9.17, 15) is 4.79 Å². The fourth-order valence-electron chi connectivity index (χ4n) is 4.26. The predicted octanol–water partition coefficient (Wildman–Crippen LogP) is 4.67. The van der Waals surface area contributed by atoms with Crippen molar-refractivity contribution in [2.45, 2.75) is 13.0 Å². The summed E-state index contributed by atoms with van der Waals surface area (Å²) in [7, 11) is 0. The van der Waals surface area contributed by atoms with E-state index >= 15 is 0 Å². The average Bonchev–Trinajstić information content (AvgIpc) is 3.24. The maximum Gasteiger partial charge on any atom is 0.260 e. The minimum absolute atomic E-state index is 0.0948. The molecule has 164 valence electrons. The third kappa shape index (κ3) is 4.64. The maximum atomic E-state index is 12.9. The fourth-order valence-corrected chi connectivity index (χ4v) is 5.46. The first-order valence-corrected chi connectivity index (χ1v) is 12.2. The van der Waals surface area contributed by atoms with Crippen LogP contribution in [0.3, 0.4) is 0 Å². The summed E-state index contributed by atoms with van der Waals surface area (Å²) in [5.74, 6) is 0.729. The number of hydrogen-bond donors (Lipinski definition) is 1. The molecule has 0 bridgehead atoms. The molecule has 1 aliphatic rings. The van der Waals surface area contributed by atoms with Crippen LogP contribution in [-0.2, 0) is 13.0 Å². The second-order valence-electron chi connectivity index (χ2n) is 8.18. The Bertz CT molecular complexity index is 1260. The predicted molar refractivity (Wildman–Crippen MR) is 133 cm³/mol. The summed E-state index contributed by atoms with van der Waals surface area (Å²) in [6.45, 7) is 5.78. The van der Waals surface area contributed by atoms with Crippen LogP contribution in [0, 0.1) is 0 Å². The lowest BCUT2D eigenvalue weighted by molar-refractivity contribution is 0.126. The quantitative estimate of drug-likeness (QED) is 0.450. The van der Waals surface area contributed by atoms with Crippen molar-refractivity contribution in [3.63, 3.8) is 0 Å². The van der Waals surface area contributed by atoms with Gasteiger partial charge in [-0.25, -0.2) is 4.98 Å². The van der Waals surface area contributed by atoms with E-state index in [0.29, 0.717) is 17.0 Å². The highest BCUT2D eigenvalue weighted by Crippen LogP contribution is 2.34. The molecule has 32 heavy (non-hydrogen) atoms. The number of hydrogen-bond acceptors (Lipinski definition) is 5. The molecule has 0 aliphatic carbocycles. The second kappa shape index (κ2) is 9.55. The number of H-pyrrole nitrogens is 1. The van der Waals surface area contributed by atoms with Gasteiger partial charge in [-0.15, -0.1) is 11.3 Å². The van der Waals surface area contributed by atoms with Gasteiger partial charge in [0, 0.05) is 54.3 Å². The molecule has 0 atom stereocenters. The highest BCUT2D eigenvalue weighted by atomic mass is 35.5. The van der Waals surface area contributed by atoms with Crippen LogP contribution in [0.25, 0.3) is 21.3 Å². The van der Waals surface area contributed by atoms with Gasteiger partial charge in [0.15, 0.2) is 0 Å². The zero-order chi connectivity index (χ0) is 21.9. The zero-order valence-electron chi connectivity index (χ0n) is 17.8. The number of nitrogens with zero attached hydrogens (tertiary/aromatic N) is 3. The van der Waals surface area contributed by atoms with Crippen molar-refractivity contribution >= 4 is 33.2 Å². The van der Waals surface area contributed by atoms with E-state index in [0.717, 1.165) is 60.9 Å². The molecular formula is C25H25ClN4OS. The van der Waals surface area contributed by atoms with Crippen LogP contribution in [0.4, 0.5) is 0 Å². The SMILES string of the molecule is O=c1[nH]c(CN2CCN(CCc3ccccc3)CC2)nc2scc(-c3ccccc3Cl)c12. The van der Waals surface area contributed by atoms with E-state index in [1.54, 1.807) is 0 Å². The number of thiophene rings is 1. The van der Waals surface area contributed by atoms with Crippen LogP contribution in [0.15, 0.2) is 64.8 Å². The van der Waals surface area contributed by atoms with E-state index in [2.05, 4.69) is 45.1 Å². The molecule has 2 aromatic heterocycles. The van der Waals surface area contributed by atoms with Gasteiger partial charge in [-0.3, -0.25) is 9.69 Å². The minimum Gasteiger partial charge on any atom is -0.309 e. The van der Waals surface area contributed by atoms with Crippen molar-refractivity contribution in [1.82, 2.24) is 19.8 Å². The van der Waals surface area contributed by atoms with Crippen molar-refractivity contribution in [3.8, 4) is 11.1 Å². The topological polar surface area (TPSA) is 52.2 Å². The normalized spacial score (nSPS) is 15.4. The molecule has 0 unspecified atom stereocenters. The van der Waals surface area contributed by atoms with Gasteiger partial charge in [0.1, 0.15) is 10.7 Å². The summed E-state index contributed by atoms with van der Waals surface area (Å²) < 4.78 is 0. The number of aromatic nitrogens is 2. The van der Waals surface area contributed by atoms with Gasteiger partial charge in [-0.1, -0.05) is 60.1 Å². The number of nitrogens with one attached hydrogen (secondary N) is 1. The third-order valence-electron chi connectivity index (χ3n) is 6.05. The molecule has 4 aromatic rings. The lowest BCUT2D eigenvalue weighted by Crippen LogP contribution is -2.46. The number of rotatable bonds is 6. The van der Waals surface area contributed by atoms with E-state index < -0.39 is 0 Å². The number of aromatic amines is 1. The van der Waals surface area contributed by atoms with Crippen molar-refractivity contribution in [3.05, 3.63) is 86.7 Å². The Morgan fingerprint density at radius 2 is 1.66 bits per heavy atom. The summed E-state index contributed by atoms with van der Waals surface area (Å²) in [5, 5.41) is 3.24. The number of piperazine rings is 1. The first-order valence-electron chi connectivity index (χ1n) is 10.9. The molecule has 5 nitrogen and oxygen atoms in total.